The van der Waals surface area contributed by atoms with Crippen LogP contribution in [-0.2, 0) is 4.74 Å². The minimum absolute atomic E-state index is 0.147. The van der Waals surface area contributed by atoms with Gasteiger partial charge in [0, 0.05) is 31.3 Å². The number of aliphatic hydroxyl groups is 1. The van der Waals surface area contributed by atoms with Crippen LogP contribution in [0.3, 0.4) is 0 Å². The van der Waals surface area contributed by atoms with Crippen molar-refractivity contribution in [2.45, 2.75) is 32.9 Å². The molecule has 29 heavy (non-hydrogen) atoms. The number of aromatic nitrogens is 2. The van der Waals surface area contributed by atoms with Crippen molar-refractivity contribution < 1.29 is 14.6 Å². The Morgan fingerprint density at radius 3 is 2.69 bits per heavy atom. The lowest BCUT2D eigenvalue weighted by Gasteiger charge is -2.30. The summed E-state index contributed by atoms with van der Waals surface area (Å²) in [7, 11) is 3.48. The SMILES string of the molecule is CCN(c1nc(-c2cccc(OCC(O)CNC)c2)nc(N)c1C)C(C)COC. The zero-order valence-corrected chi connectivity index (χ0v) is 18.0. The van der Waals surface area contributed by atoms with Crippen LogP contribution >= 0.6 is 0 Å². The molecule has 2 atom stereocenters. The zero-order chi connectivity index (χ0) is 21.4. The number of hydrogen-bond acceptors (Lipinski definition) is 8. The van der Waals surface area contributed by atoms with Crippen molar-refractivity contribution in [3.05, 3.63) is 29.8 Å². The summed E-state index contributed by atoms with van der Waals surface area (Å²) >= 11 is 0. The predicted octanol–water partition coefficient (Wildman–Crippen LogP) is 1.85. The highest BCUT2D eigenvalue weighted by atomic mass is 16.5. The van der Waals surface area contributed by atoms with Crippen LogP contribution in [0.5, 0.6) is 5.75 Å². The predicted molar refractivity (Wildman–Crippen MR) is 116 cm³/mol. The van der Waals surface area contributed by atoms with Crippen LogP contribution in [0.25, 0.3) is 11.4 Å². The number of anilines is 2. The Labute approximate surface area is 173 Å². The van der Waals surface area contributed by atoms with Crippen molar-refractivity contribution in [3.63, 3.8) is 0 Å². The van der Waals surface area contributed by atoms with Gasteiger partial charge in [-0.05, 0) is 40.0 Å². The Balaban J connectivity index is 2.33. The molecule has 1 heterocycles. The Hall–Kier alpha value is -2.42. The van der Waals surface area contributed by atoms with Crippen LogP contribution in [0.4, 0.5) is 11.6 Å². The second kappa shape index (κ2) is 10.9. The minimum Gasteiger partial charge on any atom is -0.491 e. The molecule has 0 aliphatic carbocycles. The molecule has 0 radical (unpaired) electrons. The number of nitrogen functional groups attached to an aromatic ring is 1. The van der Waals surface area contributed by atoms with Gasteiger partial charge in [-0.15, -0.1) is 0 Å². The number of nitrogens with one attached hydrogen (secondary N) is 1. The molecule has 1 aromatic carbocycles. The van der Waals surface area contributed by atoms with Gasteiger partial charge in [0.25, 0.3) is 0 Å². The smallest absolute Gasteiger partial charge is 0.164 e. The van der Waals surface area contributed by atoms with E-state index in [1.165, 1.54) is 0 Å². The number of nitrogens with two attached hydrogens (primary N) is 1. The normalized spacial score (nSPS) is 13.2. The van der Waals surface area contributed by atoms with Crippen LogP contribution < -0.4 is 20.7 Å². The van der Waals surface area contributed by atoms with E-state index in [0.29, 0.717) is 30.5 Å². The second-order valence-corrected chi connectivity index (χ2v) is 7.02. The van der Waals surface area contributed by atoms with Crippen LogP contribution in [0, 0.1) is 6.92 Å². The summed E-state index contributed by atoms with van der Waals surface area (Å²) in [5, 5.41) is 12.8. The highest BCUT2D eigenvalue weighted by Crippen LogP contribution is 2.29. The van der Waals surface area contributed by atoms with Crippen molar-refractivity contribution in [1.29, 1.82) is 0 Å². The molecular formula is C21H33N5O3. The van der Waals surface area contributed by atoms with E-state index in [-0.39, 0.29) is 12.6 Å². The molecule has 0 aliphatic rings. The number of likely N-dealkylation sites (N-methyl/N-ethyl adjacent to an activating group) is 2. The molecule has 0 amide bonds. The van der Waals surface area contributed by atoms with E-state index in [1.54, 1.807) is 14.2 Å². The van der Waals surface area contributed by atoms with Gasteiger partial charge < -0.3 is 30.5 Å². The first-order valence-electron chi connectivity index (χ1n) is 9.86. The Bertz CT molecular complexity index is 787. The van der Waals surface area contributed by atoms with Crippen molar-refractivity contribution >= 4 is 11.6 Å². The number of nitrogens with zero attached hydrogens (tertiary/aromatic N) is 3. The number of benzene rings is 1. The average Bonchev–Trinajstić information content (AvgIpc) is 2.70. The van der Waals surface area contributed by atoms with Gasteiger partial charge in [-0.1, -0.05) is 12.1 Å². The van der Waals surface area contributed by atoms with Gasteiger partial charge >= 0.3 is 0 Å². The molecule has 0 bridgehead atoms. The molecule has 0 aliphatic heterocycles. The first-order valence-corrected chi connectivity index (χ1v) is 9.86. The number of methoxy groups -OCH3 is 1. The van der Waals surface area contributed by atoms with Gasteiger partial charge in [-0.3, -0.25) is 0 Å². The highest BCUT2D eigenvalue weighted by molar-refractivity contribution is 5.66. The zero-order valence-electron chi connectivity index (χ0n) is 18.0. The molecule has 0 saturated carbocycles. The molecule has 1 aromatic heterocycles. The third-order valence-electron chi connectivity index (χ3n) is 4.68. The van der Waals surface area contributed by atoms with E-state index < -0.39 is 6.10 Å². The van der Waals surface area contributed by atoms with Crippen molar-refractivity contribution in [1.82, 2.24) is 15.3 Å². The van der Waals surface area contributed by atoms with E-state index in [0.717, 1.165) is 23.5 Å². The largest absolute Gasteiger partial charge is 0.491 e. The fraction of sp³-hybridized carbons (Fsp3) is 0.524. The number of rotatable bonds is 11. The topological polar surface area (TPSA) is 106 Å². The first-order chi connectivity index (χ1) is 13.9. The maximum Gasteiger partial charge on any atom is 0.164 e. The van der Waals surface area contributed by atoms with Crippen LogP contribution in [0.1, 0.15) is 19.4 Å². The second-order valence-electron chi connectivity index (χ2n) is 7.02. The lowest BCUT2D eigenvalue weighted by atomic mass is 10.1. The van der Waals surface area contributed by atoms with Crippen LogP contribution in [0.15, 0.2) is 24.3 Å². The molecule has 8 heteroatoms. The van der Waals surface area contributed by atoms with Crippen LogP contribution in [0.2, 0.25) is 0 Å². The molecule has 4 N–H and O–H groups in total. The van der Waals surface area contributed by atoms with Gasteiger partial charge in [0.1, 0.15) is 30.1 Å². The van der Waals surface area contributed by atoms with Gasteiger partial charge in [0.2, 0.25) is 0 Å². The first kappa shape index (κ1) is 22.9. The fourth-order valence-corrected chi connectivity index (χ4v) is 3.14. The van der Waals surface area contributed by atoms with Crippen molar-refractivity contribution in [2.24, 2.45) is 0 Å². The molecule has 8 nitrogen and oxygen atoms in total. The summed E-state index contributed by atoms with van der Waals surface area (Å²) in [5.41, 5.74) is 7.86. The third-order valence-corrected chi connectivity index (χ3v) is 4.68. The third kappa shape index (κ3) is 6.03. The molecule has 2 unspecified atom stereocenters. The number of aliphatic hydroxyl groups excluding tert-OH is 1. The number of ether oxygens (including phenoxy) is 2. The maximum absolute atomic E-state index is 9.84. The molecule has 0 saturated heterocycles. The van der Waals surface area contributed by atoms with Crippen molar-refractivity contribution in [2.75, 3.05) is 51.1 Å². The summed E-state index contributed by atoms with van der Waals surface area (Å²) in [6.45, 7) is 8.12. The summed E-state index contributed by atoms with van der Waals surface area (Å²) in [5.74, 6) is 2.42. The Morgan fingerprint density at radius 1 is 1.28 bits per heavy atom. The Kier molecular flexibility index (Phi) is 8.63. The van der Waals surface area contributed by atoms with E-state index >= 15 is 0 Å². The van der Waals surface area contributed by atoms with Gasteiger partial charge in [0.05, 0.1) is 12.6 Å². The summed E-state index contributed by atoms with van der Waals surface area (Å²) in [6.07, 6.45) is -0.582. The molecule has 0 fully saturated rings. The summed E-state index contributed by atoms with van der Waals surface area (Å²) in [4.78, 5) is 11.5. The molecule has 0 spiro atoms. The van der Waals surface area contributed by atoms with Crippen molar-refractivity contribution in [3.8, 4) is 17.1 Å². The monoisotopic (exact) mass is 403 g/mol. The number of hydrogen-bond donors (Lipinski definition) is 3. The average molecular weight is 404 g/mol. The van der Waals surface area contributed by atoms with Crippen LogP contribution in [-0.4, -0.2) is 67.7 Å². The fourth-order valence-electron chi connectivity index (χ4n) is 3.14. The lowest BCUT2D eigenvalue weighted by molar-refractivity contribution is 0.108. The maximum atomic E-state index is 9.84. The van der Waals surface area contributed by atoms with E-state index in [9.17, 15) is 5.11 Å². The molecule has 2 rings (SSSR count). The summed E-state index contributed by atoms with van der Waals surface area (Å²) < 4.78 is 11.0. The van der Waals surface area contributed by atoms with E-state index in [2.05, 4.69) is 29.0 Å². The molecular weight excluding hydrogens is 370 g/mol. The molecule has 160 valence electrons. The summed E-state index contributed by atoms with van der Waals surface area (Å²) in [6, 6.07) is 7.63. The standard InChI is InChI=1S/C21H33N5O3/c1-6-26(14(2)12-28-5)21-15(3)19(22)24-20(25-21)16-8-7-9-18(10-16)29-13-17(27)11-23-4/h7-10,14,17,23,27H,6,11-13H2,1-5H3,(H2,22,24,25). The van der Waals surface area contributed by atoms with E-state index in [1.807, 2.05) is 31.2 Å². The van der Waals surface area contributed by atoms with Gasteiger partial charge in [-0.25, -0.2) is 9.97 Å². The lowest BCUT2D eigenvalue weighted by Crippen LogP contribution is -2.37. The quantitative estimate of drug-likeness (QED) is 0.522. The Morgan fingerprint density at radius 2 is 2.03 bits per heavy atom. The molecule has 2 aromatic rings. The van der Waals surface area contributed by atoms with Gasteiger partial charge in [0.15, 0.2) is 5.82 Å². The van der Waals surface area contributed by atoms with Gasteiger partial charge in [-0.2, -0.15) is 0 Å². The minimum atomic E-state index is -0.582. The van der Waals surface area contributed by atoms with E-state index in [4.69, 9.17) is 20.2 Å². The highest BCUT2D eigenvalue weighted by Gasteiger charge is 2.20.